The van der Waals surface area contributed by atoms with Crippen molar-refractivity contribution in [3.63, 3.8) is 0 Å². The first kappa shape index (κ1) is 35.4. The van der Waals surface area contributed by atoms with Gasteiger partial charge in [-0.15, -0.1) is 13.2 Å². The van der Waals surface area contributed by atoms with Crippen molar-refractivity contribution in [3.05, 3.63) is 169 Å². The average Bonchev–Trinajstić information content (AvgIpc) is 3.13. The number of hydrogen-bond acceptors (Lipinski definition) is 6. The van der Waals surface area contributed by atoms with E-state index in [1.807, 2.05) is 97.1 Å². The highest BCUT2D eigenvalue weighted by atomic mass is 16.7. The summed E-state index contributed by atoms with van der Waals surface area (Å²) in [5.74, 6) is -1.20. The van der Waals surface area contributed by atoms with Crippen LogP contribution < -0.4 is 0 Å². The summed E-state index contributed by atoms with van der Waals surface area (Å²) in [6.07, 6.45) is 3.41. The molecule has 4 aromatic carbocycles. The van der Waals surface area contributed by atoms with E-state index in [1.165, 1.54) is 0 Å². The van der Waals surface area contributed by atoms with Gasteiger partial charge in [0.25, 0.3) is 0 Å². The van der Waals surface area contributed by atoms with Crippen molar-refractivity contribution in [2.75, 3.05) is 13.2 Å². The third-order valence-electron chi connectivity index (χ3n) is 8.34. The van der Waals surface area contributed by atoms with E-state index < -0.39 is 30.2 Å². The average molecular weight is 649 g/mol. The quantitative estimate of drug-likeness (QED) is 0.0707. The fourth-order valence-electron chi connectivity index (χ4n) is 5.93. The molecule has 0 N–H and O–H groups in total. The second-order valence-electron chi connectivity index (χ2n) is 12.0. The summed E-state index contributed by atoms with van der Waals surface area (Å²) in [7, 11) is 0. The first-order valence-corrected chi connectivity index (χ1v) is 16.8. The lowest BCUT2D eigenvalue weighted by Crippen LogP contribution is -2.68. The Morgan fingerprint density at radius 3 is 1.56 bits per heavy atom. The van der Waals surface area contributed by atoms with E-state index in [1.54, 1.807) is 0 Å². The minimum Gasteiger partial charge on any atom is -0.374 e. The summed E-state index contributed by atoms with van der Waals surface area (Å²) >= 11 is 0. The van der Waals surface area contributed by atoms with E-state index in [9.17, 15) is 0 Å². The van der Waals surface area contributed by atoms with Crippen LogP contribution in [0, 0.1) is 0 Å². The molecule has 6 heteroatoms. The minimum absolute atomic E-state index is 0.264. The van der Waals surface area contributed by atoms with Gasteiger partial charge in [-0.25, -0.2) is 0 Å². The first-order valence-electron chi connectivity index (χ1n) is 16.8. The Morgan fingerprint density at radius 2 is 1.06 bits per heavy atom. The molecule has 1 aliphatic heterocycles. The van der Waals surface area contributed by atoms with Gasteiger partial charge in [0, 0.05) is 6.42 Å². The number of hydrogen-bond donors (Lipinski definition) is 0. The standard InChI is InChI=1S/C42H48O6/c1-3-5-18-28-47-42(27-4-2)41(46-32-37-25-16-9-17-26-37)40(45-31-36-23-14-8-15-24-36)39(44-30-35-21-12-7-13-22-35)38(48-42)33-43-29-34-19-10-6-11-20-34/h3-4,6-17,19-26,38-41H,1-2,5,18,27-33H2/t38-,39-,40+,41-,42+/m1/s1. The van der Waals surface area contributed by atoms with Gasteiger partial charge in [-0.05, 0) is 35.1 Å². The molecule has 0 amide bonds. The van der Waals surface area contributed by atoms with Gasteiger partial charge in [0.1, 0.15) is 24.4 Å². The number of allylic oxidation sites excluding steroid dienone is 1. The molecule has 0 aliphatic carbocycles. The van der Waals surface area contributed by atoms with Crippen LogP contribution in [0.4, 0.5) is 0 Å². The highest BCUT2D eigenvalue weighted by molar-refractivity contribution is 5.17. The second kappa shape index (κ2) is 19.2. The molecule has 0 aromatic heterocycles. The zero-order valence-corrected chi connectivity index (χ0v) is 27.7. The zero-order chi connectivity index (χ0) is 33.3. The Hall–Kier alpha value is -3.88. The maximum Gasteiger partial charge on any atom is 0.201 e. The molecule has 6 nitrogen and oxygen atoms in total. The molecule has 4 aromatic rings. The van der Waals surface area contributed by atoms with Crippen LogP contribution in [0.1, 0.15) is 41.5 Å². The summed E-state index contributed by atoms with van der Waals surface area (Å²) in [6.45, 7) is 10.2. The molecule has 0 spiro atoms. The Labute approximate surface area is 285 Å². The molecular formula is C42H48O6. The summed E-state index contributed by atoms with van der Waals surface area (Å²) < 4.78 is 40.6. The largest absolute Gasteiger partial charge is 0.374 e. The van der Waals surface area contributed by atoms with Crippen molar-refractivity contribution in [1.82, 2.24) is 0 Å². The van der Waals surface area contributed by atoms with Crippen molar-refractivity contribution < 1.29 is 28.4 Å². The Kier molecular flexibility index (Phi) is 14.2. The molecule has 5 rings (SSSR count). The SMILES string of the molecule is C=CCCCO[C@@]1(CC=C)O[C@H](COCc2ccccc2)[C@@H](OCc2ccccc2)[C@H](OCc2ccccc2)[C@H]1OCc1ccccc1. The van der Waals surface area contributed by atoms with Crippen molar-refractivity contribution in [2.24, 2.45) is 0 Å². The molecule has 0 unspecified atom stereocenters. The molecule has 252 valence electrons. The molecular weight excluding hydrogens is 600 g/mol. The lowest BCUT2D eigenvalue weighted by atomic mass is 9.89. The van der Waals surface area contributed by atoms with Gasteiger partial charge in [-0.1, -0.05) is 133 Å². The monoisotopic (exact) mass is 648 g/mol. The number of rotatable bonds is 20. The second-order valence-corrected chi connectivity index (χ2v) is 12.0. The van der Waals surface area contributed by atoms with Crippen LogP contribution in [0.15, 0.2) is 147 Å². The van der Waals surface area contributed by atoms with Crippen LogP contribution >= 0.6 is 0 Å². The minimum atomic E-state index is -1.20. The maximum absolute atomic E-state index is 7.04. The van der Waals surface area contributed by atoms with Crippen molar-refractivity contribution in [3.8, 4) is 0 Å². The molecule has 1 fully saturated rings. The molecule has 0 saturated carbocycles. The molecule has 1 heterocycles. The molecule has 5 atom stereocenters. The maximum atomic E-state index is 7.04. The van der Waals surface area contributed by atoms with E-state index >= 15 is 0 Å². The van der Waals surface area contributed by atoms with E-state index in [-0.39, 0.29) is 6.61 Å². The van der Waals surface area contributed by atoms with Crippen LogP contribution in [0.3, 0.4) is 0 Å². The first-order chi connectivity index (χ1) is 23.7. The van der Waals surface area contributed by atoms with Crippen LogP contribution in [-0.2, 0) is 54.8 Å². The third kappa shape index (κ3) is 10.3. The fraction of sp³-hybridized carbons (Fsp3) is 0.333. The fourth-order valence-corrected chi connectivity index (χ4v) is 5.93. The van der Waals surface area contributed by atoms with E-state index in [2.05, 4.69) is 49.6 Å². The molecule has 0 bridgehead atoms. The summed E-state index contributed by atoms with van der Waals surface area (Å²) in [5.41, 5.74) is 4.21. The van der Waals surface area contributed by atoms with Gasteiger partial charge in [-0.3, -0.25) is 0 Å². The predicted molar refractivity (Wildman–Crippen MR) is 189 cm³/mol. The third-order valence-corrected chi connectivity index (χ3v) is 8.34. The van der Waals surface area contributed by atoms with Crippen molar-refractivity contribution >= 4 is 0 Å². The normalized spacial score (nSPS) is 22.2. The Balaban J connectivity index is 1.51. The number of benzene rings is 4. The van der Waals surface area contributed by atoms with E-state index in [4.69, 9.17) is 28.4 Å². The summed E-state index contributed by atoms with van der Waals surface area (Å²) in [5, 5.41) is 0. The number of ether oxygens (including phenoxy) is 6. The van der Waals surface area contributed by atoms with Crippen molar-refractivity contribution in [2.45, 2.75) is 75.9 Å². The zero-order valence-electron chi connectivity index (χ0n) is 27.7. The van der Waals surface area contributed by atoms with E-state index in [0.717, 1.165) is 35.1 Å². The summed E-state index contributed by atoms with van der Waals surface area (Å²) in [4.78, 5) is 0. The van der Waals surface area contributed by atoms with Gasteiger partial charge in [0.05, 0.1) is 39.6 Å². The summed E-state index contributed by atoms with van der Waals surface area (Å²) in [6, 6.07) is 40.5. The van der Waals surface area contributed by atoms with Crippen LogP contribution in [-0.4, -0.2) is 43.4 Å². The van der Waals surface area contributed by atoms with Crippen LogP contribution in [0.2, 0.25) is 0 Å². The van der Waals surface area contributed by atoms with Crippen LogP contribution in [0.25, 0.3) is 0 Å². The van der Waals surface area contributed by atoms with Gasteiger partial charge < -0.3 is 28.4 Å². The molecule has 1 saturated heterocycles. The van der Waals surface area contributed by atoms with Crippen LogP contribution in [0.5, 0.6) is 0 Å². The van der Waals surface area contributed by atoms with Crippen molar-refractivity contribution in [1.29, 1.82) is 0 Å². The Morgan fingerprint density at radius 1 is 0.583 bits per heavy atom. The number of unbranched alkanes of at least 4 members (excludes halogenated alkanes) is 1. The lowest BCUT2D eigenvalue weighted by molar-refractivity contribution is -0.382. The molecule has 0 radical (unpaired) electrons. The van der Waals surface area contributed by atoms with Gasteiger partial charge in [0.15, 0.2) is 0 Å². The smallest absolute Gasteiger partial charge is 0.201 e. The lowest BCUT2D eigenvalue weighted by Gasteiger charge is -2.52. The predicted octanol–water partition coefficient (Wildman–Crippen LogP) is 8.61. The molecule has 1 aliphatic rings. The Bertz CT molecular complexity index is 1470. The van der Waals surface area contributed by atoms with E-state index in [0.29, 0.717) is 39.5 Å². The van der Waals surface area contributed by atoms with Gasteiger partial charge >= 0.3 is 0 Å². The van der Waals surface area contributed by atoms with Gasteiger partial charge in [0.2, 0.25) is 5.79 Å². The highest BCUT2D eigenvalue weighted by Gasteiger charge is 2.57. The highest BCUT2D eigenvalue weighted by Crippen LogP contribution is 2.40. The topological polar surface area (TPSA) is 55.4 Å². The van der Waals surface area contributed by atoms with Gasteiger partial charge in [-0.2, -0.15) is 0 Å². The molecule has 48 heavy (non-hydrogen) atoms.